The van der Waals surface area contributed by atoms with Crippen molar-refractivity contribution in [2.24, 2.45) is 7.05 Å². The highest BCUT2D eigenvalue weighted by atomic mass is 16.5. The number of methoxy groups -OCH3 is 1. The molecule has 0 bridgehead atoms. The molecule has 8 nitrogen and oxygen atoms in total. The lowest BCUT2D eigenvalue weighted by atomic mass is 9.69. The Morgan fingerprint density at radius 3 is 2.70 bits per heavy atom. The Labute approximate surface area is 174 Å². The number of ether oxygens (including phenoxy) is 1. The summed E-state index contributed by atoms with van der Waals surface area (Å²) in [6, 6.07) is 5.65. The van der Waals surface area contributed by atoms with E-state index in [4.69, 9.17) is 4.74 Å². The van der Waals surface area contributed by atoms with E-state index in [0.717, 1.165) is 35.4 Å². The molecular formula is C22H25N5O3. The molecule has 3 aromatic rings. The van der Waals surface area contributed by atoms with Crippen molar-refractivity contribution in [2.75, 3.05) is 40.4 Å². The predicted octanol–water partition coefficient (Wildman–Crippen LogP) is 1.35. The monoisotopic (exact) mass is 407 g/mol. The third kappa shape index (κ3) is 2.57. The van der Waals surface area contributed by atoms with Gasteiger partial charge in [0.05, 0.1) is 31.5 Å². The van der Waals surface area contributed by atoms with Crippen LogP contribution in [-0.4, -0.2) is 75.7 Å². The van der Waals surface area contributed by atoms with Crippen molar-refractivity contribution in [3.63, 3.8) is 0 Å². The number of likely N-dealkylation sites (N-methyl/N-ethyl adjacent to an activating group) is 1. The third-order valence-corrected chi connectivity index (χ3v) is 6.51. The number of hydrogen-bond acceptors (Lipinski definition) is 6. The Morgan fingerprint density at radius 1 is 1.27 bits per heavy atom. The molecule has 156 valence electrons. The van der Waals surface area contributed by atoms with Crippen LogP contribution in [0.3, 0.4) is 0 Å². The van der Waals surface area contributed by atoms with Crippen LogP contribution in [0.25, 0.3) is 10.9 Å². The van der Waals surface area contributed by atoms with E-state index in [1.807, 2.05) is 19.2 Å². The Morgan fingerprint density at radius 2 is 2.07 bits per heavy atom. The van der Waals surface area contributed by atoms with Crippen LogP contribution in [0, 0.1) is 0 Å². The molecule has 0 unspecified atom stereocenters. The number of carbonyl (C=O) groups is 1. The summed E-state index contributed by atoms with van der Waals surface area (Å²) in [4.78, 5) is 25.7. The maximum absolute atomic E-state index is 13.4. The number of hydrogen-bond donors (Lipinski definition) is 1. The van der Waals surface area contributed by atoms with Crippen LogP contribution >= 0.6 is 0 Å². The van der Waals surface area contributed by atoms with Crippen LogP contribution < -0.4 is 4.74 Å². The van der Waals surface area contributed by atoms with Crippen molar-refractivity contribution in [1.82, 2.24) is 24.3 Å². The van der Waals surface area contributed by atoms with Gasteiger partial charge in [0, 0.05) is 61.6 Å². The van der Waals surface area contributed by atoms with E-state index in [-0.39, 0.29) is 17.9 Å². The average molecular weight is 407 g/mol. The summed E-state index contributed by atoms with van der Waals surface area (Å²) in [5.74, 6) is 0.581. The van der Waals surface area contributed by atoms with E-state index in [1.165, 1.54) is 18.0 Å². The van der Waals surface area contributed by atoms with Crippen molar-refractivity contribution in [3.05, 3.63) is 53.7 Å². The number of aryl methyl sites for hydroxylation is 1. The van der Waals surface area contributed by atoms with Crippen molar-refractivity contribution in [2.45, 2.75) is 11.5 Å². The second kappa shape index (κ2) is 6.78. The molecule has 0 saturated carbocycles. The van der Waals surface area contributed by atoms with Crippen LogP contribution in [-0.2, 0) is 12.5 Å². The Balaban J connectivity index is 1.72. The number of fused-ring (bicyclic) bond motifs is 4. The third-order valence-electron chi connectivity index (χ3n) is 6.51. The number of amides is 1. The SMILES string of the molecule is COc1ccc2c3c(n(C)c2c1)[C@H](CO)N(C(=O)c1cnccn1)CC31CN(C)C1. The molecule has 0 radical (unpaired) electrons. The number of rotatable bonds is 3. The van der Waals surface area contributed by atoms with Gasteiger partial charge in [-0.1, -0.05) is 0 Å². The molecule has 2 aliphatic heterocycles. The number of carbonyl (C=O) groups excluding carboxylic acids is 1. The van der Waals surface area contributed by atoms with Gasteiger partial charge in [0.1, 0.15) is 11.4 Å². The minimum Gasteiger partial charge on any atom is -0.497 e. The smallest absolute Gasteiger partial charge is 0.274 e. The standard InChI is InChI=1S/C22H25N5O3/c1-25-11-22(12-25)13-27(21(29)16-9-23-6-7-24-16)18(10-28)20-19(22)15-5-4-14(30-3)8-17(15)26(20)2/h4-9,18,28H,10-13H2,1-3H3/t18-/m0/s1. The second-order valence-corrected chi connectivity index (χ2v) is 8.38. The predicted molar refractivity (Wildman–Crippen MR) is 112 cm³/mol. The minimum atomic E-state index is -0.450. The number of aliphatic hydroxyl groups is 1. The zero-order chi connectivity index (χ0) is 21.0. The lowest BCUT2D eigenvalue weighted by Crippen LogP contribution is -2.66. The quantitative estimate of drug-likeness (QED) is 0.706. The van der Waals surface area contributed by atoms with Crippen LogP contribution in [0.5, 0.6) is 5.75 Å². The highest BCUT2D eigenvalue weighted by molar-refractivity contribution is 5.94. The zero-order valence-corrected chi connectivity index (χ0v) is 17.4. The molecule has 1 atom stereocenters. The number of benzene rings is 1. The Kier molecular flexibility index (Phi) is 4.30. The summed E-state index contributed by atoms with van der Waals surface area (Å²) >= 11 is 0. The van der Waals surface area contributed by atoms with Gasteiger partial charge in [-0.25, -0.2) is 4.98 Å². The first-order valence-corrected chi connectivity index (χ1v) is 10.0. The molecule has 4 heterocycles. The van der Waals surface area contributed by atoms with Gasteiger partial charge >= 0.3 is 0 Å². The molecule has 0 aliphatic carbocycles. The van der Waals surface area contributed by atoms with Crippen LogP contribution in [0.2, 0.25) is 0 Å². The largest absolute Gasteiger partial charge is 0.497 e. The highest BCUT2D eigenvalue weighted by Gasteiger charge is 2.53. The molecule has 8 heteroatoms. The molecule has 1 saturated heterocycles. The number of nitrogens with zero attached hydrogens (tertiary/aromatic N) is 5. The van der Waals surface area contributed by atoms with E-state index >= 15 is 0 Å². The second-order valence-electron chi connectivity index (χ2n) is 8.38. The number of likely N-dealkylation sites (tertiary alicyclic amines) is 1. The van der Waals surface area contributed by atoms with Crippen molar-refractivity contribution in [3.8, 4) is 5.75 Å². The fraction of sp³-hybridized carbons (Fsp3) is 0.409. The van der Waals surface area contributed by atoms with Crippen LogP contribution in [0.4, 0.5) is 0 Å². The maximum Gasteiger partial charge on any atom is 0.274 e. The molecule has 1 aromatic carbocycles. The average Bonchev–Trinajstić information content (AvgIpc) is 3.05. The van der Waals surface area contributed by atoms with Crippen LogP contribution in [0.15, 0.2) is 36.8 Å². The van der Waals surface area contributed by atoms with Gasteiger partial charge in [0.25, 0.3) is 5.91 Å². The van der Waals surface area contributed by atoms with Crippen molar-refractivity contribution >= 4 is 16.8 Å². The molecule has 1 N–H and O–H groups in total. The van der Waals surface area contributed by atoms with Gasteiger partial charge < -0.3 is 24.2 Å². The molecular weight excluding hydrogens is 382 g/mol. The lowest BCUT2D eigenvalue weighted by molar-refractivity contribution is 0.00834. The Hall–Kier alpha value is -2.97. The van der Waals surface area contributed by atoms with Gasteiger partial charge in [-0.2, -0.15) is 0 Å². The van der Waals surface area contributed by atoms with E-state index < -0.39 is 6.04 Å². The van der Waals surface area contributed by atoms with Gasteiger partial charge in [-0.05, 0) is 24.7 Å². The summed E-state index contributed by atoms with van der Waals surface area (Å²) in [5, 5.41) is 11.5. The fourth-order valence-electron chi connectivity index (χ4n) is 5.37. The summed E-state index contributed by atoms with van der Waals surface area (Å²) in [7, 11) is 5.74. The minimum absolute atomic E-state index is 0.160. The molecule has 5 rings (SSSR count). The first-order valence-electron chi connectivity index (χ1n) is 10.0. The van der Waals surface area contributed by atoms with Gasteiger partial charge in [-0.15, -0.1) is 0 Å². The fourth-order valence-corrected chi connectivity index (χ4v) is 5.37. The molecule has 30 heavy (non-hydrogen) atoms. The summed E-state index contributed by atoms with van der Waals surface area (Å²) in [5.41, 5.74) is 3.38. The topological polar surface area (TPSA) is 83.7 Å². The maximum atomic E-state index is 13.4. The molecule has 1 amide bonds. The molecule has 2 aliphatic rings. The molecule has 1 fully saturated rings. The van der Waals surface area contributed by atoms with E-state index in [1.54, 1.807) is 18.2 Å². The zero-order valence-electron chi connectivity index (χ0n) is 17.4. The van der Waals surface area contributed by atoms with E-state index in [9.17, 15) is 9.90 Å². The highest BCUT2D eigenvalue weighted by Crippen LogP contribution is 2.49. The van der Waals surface area contributed by atoms with Crippen molar-refractivity contribution in [1.29, 1.82) is 0 Å². The summed E-state index contributed by atoms with van der Waals surface area (Å²) < 4.78 is 7.54. The first kappa shape index (κ1) is 19.0. The van der Waals surface area contributed by atoms with Gasteiger partial charge in [-0.3, -0.25) is 9.78 Å². The van der Waals surface area contributed by atoms with Crippen LogP contribution in [0.1, 0.15) is 27.8 Å². The number of aliphatic hydroxyl groups excluding tert-OH is 1. The van der Waals surface area contributed by atoms with E-state index in [0.29, 0.717) is 12.2 Å². The van der Waals surface area contributed by atoms with Gasteiger partial charge in [0.15, 0.2) is 0 Å². The normalized spacial score (nSPS) is 20.3. The number of aromatic nitrogens is 3. The first-order chi connectivity index (χ1) is 14.5. The molecule has 2 aromatic heterocycles. The summed E-state index contributed by atoms with van der Waals surface area (Å²) in [6.45, 7) is 2.09. The summed E-state index contributed by atoms with van der Waals surface area (Å²) in [6.07, 6.45) is 4.55. The molecule has 1 spiro atoms. The lowest BCUT2D eigenvalue weighted by Gasteiger charge is -2.55. The van der Waals surface area contributed by atoms with E-state index in [2.05, 4.69) is 32.5 Å². The van der Waals surface area contributed by atoms with Gasteiger partial charge in [0.2, 0.25) is 0 Å². The van der Waals surface area contributed by atoms with Crippen molar-refractivity contribution < 1.29 is 14.6 Å². The Bertz CT molecular complexity index is 1120.